The number of hydrogen-bond donors (Lipinski definition) is 1. The Hall–Kier alpha value is -0.830. The molecule has 1 aromatic heterocycles. The van der Waals surface area contributed by atoms with E-state index in [0.29, 0.717) is 6.04 Å². The highest BCUT2D eigenvalue weighted by atomic mass is 15.1. The Balaban J connectivity index is 2.39. The lowest BCUT2D eigenvalue weighted by Crippen LogP contribution is -2.20. The molecule has 0 aliphatic heterocycles. The standard InChI is InChI=1S/C13H25N3/c1-4-6-13-15-10-11-16(13)12(3)7-9-14-8-5-2/h10-12,14H,4-9H2,1-3H3. The number of aromatic nitrogens is 2. The van der Waals surface area contributed by atoms with Crippen molar-refractivity contribution in [2.24, 2.45) is 0 Å². The van der Waals surface area contributed by atoms with Crippen LogP contribution in [0.4, 0.5) is 0 Å². The molecule has 0 aromatic carbocycles. The zero-order chi connectivity index (χ0) is 11.8. The molecule has 0 aliphatic carbocycles. The van der Waals surface area contributed by atoms with Gasteiger partial charge in [-0.05, 0) is 39.3 Å². The summed E-state index contributed by atoms with van der Waals surface area (Å²) < 4.78 is 2.32. The molecule has 3 nitrogen and oxygen atoms in total. The molecule has 0 radical (unpaired) electrons. The number of nitrogens with one attached hydrogen (secondary N) is 1. The summed E-state index contributed by atoms with van der Waals surface area (Å²) in [7, 11) is 0. The van der Waals surface area contributed by atoms with Gasteiger partial charge in [-0.2, -0.15) is 0 Å². The summed E-state index contributed by atoms with van der Waals surface area (Å²) in [6.45, 7) is 8.89. The first kappa shape index (κ1) is 13.2. The third kappa shape index (κ3) is 3.97. The number of hydrogen-bond acceptors (Lipinski definition) is 2. The molecule has 1 heterocycles. The highest BCUT2D eigenvalue weighted by Gasteiger charge is 2.08. The Labute approximate surface area is 99.3 Å². The van der Waals surface area contributed by atoms with Gasteiger partial charge in [-0.15, -0.1) is 0 Å². The third-order valence-electron chi connectivity index (χ3n) is 2.86. The van der Waals surface area contributed by atoms with E-state index < -0.39 is 0 Å². The van der Waals surface area contributed by atoms with Gasteiger partial charge in [-0.3, -0.25) is 0 Å². The number of nitrogens with zero attached hydrogens (tertiary/aromatic N) is 2. The molecule has 0 bridgehead atoms. The van der Waals surface area contributed by atoms with Gasteiger partial charge in [0.05, 0.1) is 0 Å². The van der Waals surface area contributed by atoms with Crippen LogP contribution in [0.5, 0.6) is 0 Å². The number of aryl methyl sites for hydroxylation is 1. The molecule has 1 atom stereocenters. The molecule has 1 aromatic rings. The van der Waals surface area contributed by atoms with Gasteiger partial charge in [0, 0.05) is 24.9 Å². The second-order valence-electron chi connectivity index (χ2n) is 4.39. The second-order valence-corrected chi connectivity index (χ2v) is 4.39. The molecule has 0 spiro atoms. The van der Waals surface area contributed by atoms with Gasteiger partial charge in [0.25, 0.3) is 0 Å². The van der Waals surface area contributed by atoms with Crippen molar-refractivity contribution in [1.29, 1.82) is 0 Å². The summed E-state index contributed by atoms with van der Waals surface area (Å²) >= 11 is 0. The highest BCUT2D eigenvalue weighted by molar-refractivity contribution is 4.94. The van der Waals surface area contributed by atoms with E-state index in [1.54, 1.807) is 0 Å². The molecule has 0 saturated heterocycles. The van der Waals surface area contributed by atoms with E-state index in [0.717, 1.165) is 25.9 Å². The molecule has 1 N–H and O–H groups in total. The quantitative estimate of drug-likeness (QED) is 0.687. The van der Waals surface area contributed by atoms with E-state index in [4.69, 9.17) is 0 Å². The van der Waals surface area contributed by atoms with Crippen molar-refractivity contribution < 1.29 is 0 Å². The van der Waals surface area contributed by atoms with Gasteiger partial charge in [0.2, 0.25) is 0 Å². The molecule has 0 fully saturated rings. The summed E-state index contributed by atoms with van der Waals surface area (Å²) in [4.78, 5) is 4.41. The highest BCUT2D eigenvalue weighted by Crippen LogP contribution is 2.13. The van der Waals surface area contributed by atoms with Crippen molar-refractivity contribution in [3.8, 4) is 0 Å². The SMILES string of the molecule is CCCNCCC(C)n1ccnc1CCC. The molecule has 0 saturated carbocycles. The van der Waals surface area contributed by atoms with Crippen LogP contribution in [-0.4, -0.2) is 22.6 Å². The molecule has 1 rings (SSSR count). The van der Waals surface area contributed by atoms with Gasteiger partial charge in [0.1, 0.15) is 5.82 Å². The minimum atomic E-state index is 0.549. The van der Waals surface area contributed by atoms with Gasteiger partial charge >= 0.3 is 0 Å². The molecule has 92 valence electrons. The third-order valence-corrected chi connectivity index (χ3v) is 2.86. The van der Waals surface area contributed by atoms with E-state index in [2.05, 4.69) is 41.8 Å². The van der Waals surface area contributed by atoms with Crippen molar-refractivity contribution in [3.63, 3.8) is 0 Å². The Kier molecular flexibility index (Phi) is 6.16. The van der Waals surface area contributed by atoms with Crippen molar-refractivity contribution in [1.82, 2.24) is 14.9 Å². The lowest BCUT2D eigenvalue weighted by atomic mass is 10.2. The first-order valence-corrected chi connectivity index (χ1v) is 6.52. The van der Waals surface area contributed by atoms with E-state index in [-0.39, 0.29) is 0 Å². The van der Waals surface area contributed by atoms with Crippen LogP contribution in [0.1, 0.15) is 51.9 Å². The Morgan fingerprint density at radius 3 is 2.81 bits per heavy atom. The van der Waals surface area contributed by atoms with Crippen molar-refractivity contribution >= 4 is 0 Å². The maximum Gasteiger partial charge on any atom is 0.108 e. The Morgan fingerprint density at radius 1 is 1.31 bits per heavy atom. The summed E-state index contributed by atoms with van der Waals surface area (Å²) in [5.74, 6) is 1.23. The van der Waals surface area contributed by atoms with Crippen LogP contribution in [0, 0.1) is 0 Å². The fourth-order valence-corrected chi connectivity index (χ4v) is 1.91. The normalized spacial score (nSPS) is 12.9. The van der Waals surface area contributed by atoms with Gasteiger partial charge in [-0.25, -0.2) is 4.98 Å². The lowest BCUT2D eigenvalue weighted by molar-refractivity contribution is 0.467. The first-order valence-electron chi connectivity index (χ1n) is 6.52. The average Bonchev–Trinajstić information content (AvgIpc) is 2.73. The molecule has 0 aliphatic rings. The number of rotatable bonds is 8. The average molecular weight is 223 g/mol. The van der Waals surface area contributed by atoms with Crippen LogP contribution in [0.3, 0.4) is 0 Å². The largest absolute Gasteiger partial charge is 0.332 e. The van der Waals surface area contributed by atoms with Crippen LogP contribution >= 0.6 is 0 Å². The molecule has 0 amide bonds. The summed E-state index contributed by atoms with van der Waals surface area (Å²) in [6.07, 6.45) is 8.65. The zero-order valence-electron chi connectivity index (χ0n) is 10.9. The van der Waals surface area contributed by atoms with Gasteiger partial charge < -0.3 is 9.88 Å². The van der Waals surface area contributed by atoms with Crippen LogP contribution < -0.4 is 5.32 Å². The van der Waals surface area contributed by atoms with E-state index in [1.165, 1.54) is 18.7 Å². The topological polar surface area (TPSA) is 29.9 Å². The summed E-state index contributed by atoms with van der Waals surface area (Å²) in [5.41, 5.74) is 0. The van der Waals surface area contributed by atoms with Crippen molar-refractivity contribution in [2.75, 3.05) is 13.1 Å². The first-order chi connectivity index (χ1) is 7.79. The molecule has 1 unspecified atom stereocenters. The van der Waals surface area contributed by atoms with E-state index in [9.17, 15) is 0 Å². The van der Waals surface area contributed by atoms with Crippen molar-refractivity contribution in [3.05, 3.63) is 18.2 Å². The van der Waals surface area contributed by atoms with Crippen LogP contribution in [0.15, 0.2) is 12.4 Å². The minimum Gasteiger partial charge on any atom is -0.332 e. The predicted molar refractivity (Wildman–Crippen MR) is 68.7 cm³/mol. The van der Waals surface area contributed by atoms with Crippen LogP contribution in [0.25, 0.3) is 0 Å². The second kappa shape index (κ2) is 7.44. The predicted octanol–water partition coefficient (Wildman–Crippen LogP) is 2.79. The fraction of sp³-hybridized carbons (Fsp3) is 0.769. The van der Waals surface area contributed by atoms with Gasteiger partial charge in [0.15, 0.2) is 0 Å². The van der Waals surface area contributed by atoms with E-state index >= 15 is 0 Å². The number of imidazole rings is 1. The Morgan fingerprint density at radius 2 is 2.12 bits per heavy atom. The van der Waals surface area contributed by atoms with E-state index in [1.807, 2.05) is 6.20 Å². The summed E-state index contributed by atoms with van der Waals surface area (Å²) in [5, 5.41) is 3.45. The maximum atomic E-state index is 4.41. The molecular formula is C13H25N3. The maximum absolute atomic E-state index is 4.41. The van der Waals surface area contributed by atoms with Crippen LogP contribution in [-0.2, 0) is 6.42 Å². The molecular weight excluding hydrogens is 198 g/mol. The smallest absolute Gasteiger partial charge is 0.108 e. The van der Waals surface area contributed by atoms with Crippen LogP contribution in [0.2, 0.25) is 0 Å². The Bertz CT molecular complexity index is 280. The monoisotopic (exact) mass is 223 g/mol. The zero-order valence-corrected chi connectivity index (χ0v) is 10.9. The minimum absolute atomic E-state index is 0.549. The fourth-order valence-electron chi connectivity index (χ4n) is 1.91. The molecule has 16 heavy (non-hydrogen) atoms. The molecule has 3 heteroatoms. The summed E-state index contributed by atoms with van der Waals surface area (Å²) in [6, 6.07) is 0.549. The van der Waals surface area contributed by atoms with Gasteiger partial charge in [-0.1, -0.05) is 13.8 Å². The van der Waals surface area contributed by atoms with Crippen molar-refractivity contribution in [2.45, 2.75) is 52.5 Å². The lowest BCUT2D eigenvalue weighted by Gasteiger charge is -2.16.